The molecule has 1 nitrogen and oxygen atoms in total. The number of rotatable bonds is 5. The van der Waals surface area contributed by atoms with E-state index in [1.807, 2.05) is 17.4 Å². The van der Waals surface area contributed by atoms with Crippen molar-refractivity contribution in [2.24, 2.45) is 0 Å². The second kappa shape index (κ2) is 6.36. The van der Waals surface area contributed by atoms with Crippen molar-refractivity contribution in [3.63, 3.8) is 0 Å². The van der Waals surface area contributed by atoms with E-state index in [0.29, 0.717) is 6.04 Å². The molecule has 0 fully saturated rings. The van der Waals surface area contributed by atoms with E-state index in [4.69, 9.17) is 0 Å². The lowest BCUT2D eigenvalue weighted by atomic mass is 10.1. The van der Waals surface area contributed by atoms with E-state index in [1.54, 1.807) is 10.4 Å². The minimum atomic E-state index is 0.481. The third-order valence-electron chi connectivity index (χ3n) is 3.46. The van der Waals surface area contributed by atoms with Crippen LogP contribution >= 0.6 is 11.3 Å². The monoisotopic (exact) mass is 249 g/mol. The summed E-state index contributed by atoms with van der Waals surface area (Å²) in [7, 11) is 0. The number of fused-ring (bicyclic) bond motifs is 1. The van der Waals surface area contributed by atoms with E-state index < -0.39 is 0 Å². The molecule has 1 aromatic heterocycles. The summed E-state index contributed by atoms with van der Waals surface area (Å²) in [6.07, 6.45) is 9.80. The maximum absolute atomic E-state index is 3.87. The first-order valence-electron chi connectivity index (χ1n) is 6.81. The predicted octanol–water partition coefficient (Wildman–Crippen LogP) is 4.24. The minimum absolute atomic E-state index is 0.481. The van der Waals surface area contributed by atoms with Gasteiger partial charge in [0, 0.05) is 15.8 Å². The van der Waals surface area contributed by atoms with Crippen LogP contribution in [0.15, 0.2) is 18.7 Å². The highest BCUT2D eigenvalue weighted by Crippen LogP contribution is 2.33. The van der Waals surface area contributed by atoms with E-state index in [0.717, 1.165) is 13.0 Å². The molecule has 0 aliphatic heterocycles. The van der Waals surface area contributed by atoms with Gasteiger partial charge in [0.25, 0.3) is 0 Å². The lowest BCUT2D eigenvalue weighted by molar-refractivity contribution is 0.567. The van der Waals surface area contributed by atoms with Crippen molar-refractivity contribution in [1.82, 2.24) is 5.32 Å². The third-order valence-corrected chi connectivity index (χ3v) is 4.81. The zero-order chi connectivity index (χ0) is 12.1. The van der Waals surface area contributed by atoms with Gasteiger partial charge < -0.3 is 5.32 Å². The molecule has 1 unspecified atom stereocenters. The Morgan fingerprint density at radius 2 is 2.24 bits per heavy atom. The molecule has 1 aliphatic carbocycles. The number of nitrogens with one attached hydrogen (secondary N) is 1. The van der Waals surface area contributed by atoms with Crippen LogP contribution < -0.4 is 5.32 Å². The van der Waals surface area contributed by atoms with Gasteiger partial charge in [-0.05, 0) is 50.3 Å². The van der Waals surface area contributed by atoms with Crippen LogP contribution in [0.25, 0.3) is 0 Å². The molecule has 0 saturated heterocycles. The Labute approximate surface area is 109 Å². The molecule has 0 aromatic carbocycles. The third kappa shape index (κ3) is 3.20. The predicted molar refractivity (Wildman–Crippen MR) is 76.8 cm³/mol. The van der Waals surface area contributed by atoms with Crippen molar-refractivity contribution in [2.45, 2.75) is 51.5 Å². The van der Waals surface area contributed by atoms with Gasteiger partial charge >= 0.3 is 0 Å². The Balaban J connectivity index is 2.16. The molecule has 1 heterocycles. The number of aryl methyl sites for hydroxylation is 2. The normalized spacial score (nSPS) is 17.2. The quantitative estimate of drug-likeness (QED) is 0.608. The van der Waals surface area contributed by atoms with Gasteiger partial charge in [-0.1, -0.05) is 19.4 Å². The first kappa shape index (κ1) is 12.8. The van der Waals surface area contributed by atoms with Gasteiger partial charge in [0.05, 0.1) is 0 Å². The maximum atomic E-state index is 3.87. The molecule has 17 heavy (non-hydrogen) atoms. The van der Waals surface area contributed by atoms with Crippen LogP contribution in [-0.2, 0) is 12.8 Å². The fourth-order valence-electron chi connectivity index (χ4n) is 2.58. The van der Waals surface area contributed by atoms with Crippen LogP contribution in [-0.4, -0.2) is 6.54 Å². The Kier molecular flexibility index (Phi) is 4.81. The molecule has 0 radical (unpaired) electrons. The summed E-state index contributed by atoms with van der Waals surface area (Å²) in [5.41, 5.74) is 1.62. The Morgan fingerprint density at radius 1 is 1.41 bits per heavy atom. The average Bonchev–Trinajstić information content (AvgIpc) is 2.60. The first-order valence-corrected chi connectivity index (χ1v) is 7.62. The fraction of sp³-hybridized carbons (Fsp3) is 0.600. The van der Waals surface area contributed by atoms with E-state index >= 15 is 0 Å². The SMILES string of the molecule is C=CCC(NCC)c1cc2c(s1)CCCCC2. The van der Waals surface area contributed by atoms with Crippen molar-refractivity contribution in [3.05, 3.63) is 34.0 Å². The second-order valence-corrected chi connectivity index (χ2v) is 5.96. The number of thiophene rings is 1. The molecular weight excluding hydrogens is 226 g/mol. The molecule has 2 rings (SSSR count). The molecule has 0 bridgehead atoms. The Hall–Kier alpha value is -0.600. The summed E-state index contributed by atoms with van der Waals surface area (Å²) in [6, 6.07) is 2.93. The summed E-state index contributed by atoms with van der Waals surface area (Å²) < 4.78 is 0. The van der Waals surface area contributed by atoms with Crippen LogP contribution in [0.2, 0.25) is 0 Å². The summed E-state index contributed by atoms with van der Waals surface area (Å²) in [5, 5.41) is 3.56. The van der Waals surface area contributed by atoms with Crippen molar-refractivity contribution >= 4 is 11.3 Å². The van der Waals surface area contributed by atoms with E-state index in [1.165, 1.54) is 37.0 Å². The smallest absolute Gasteiger partial charge is 0.0449 e. The van der Waals surface area contributed by atoms with Crippen molar-refractivity contribution in [3.8, 4) is 0 Å². The zero-order valence-corrected chi connectivity index (χ0v) is 11.6. The van der Waals surface area contributed by atoms with Crippen molar-refractivity contribution in [2.75, 3.05) is 6.54 Å². The standard InChI is InChI=1S/C15H23NS/c1-3-8-13(16-4-2)15-11-12-9-6-5-7-10-14(12)17-15/h3,11,13,16H,1,4-10H2,2H3. The first-order chi connectivity index (χ1) is 8.35. The molecule has 0 saturated carbocycles. The number of hydrogen-bond acceptors (Lipinski definition) is 2. The lowest BCUT2D eigenvalue weighted by Crippen LogP contribution is -2.19. The topological polar surface area (TPSA) is 12.0 Å². The Morgan fingerprint density at radius 3 is 3.00 bits per heavy atom. The lowest BCUT2D eigenvalue weighted by Gasteiger charge is -2.13. The van der Waals surface area contributed by atoms with Crippen LogP contribution in [0.1, 0.15) is 54.0 Å². The largest absolute Gasteiger partial charge is 0.309 e. The van der Waals surface area contributed by atoms with Gasteiger partial charge in [0.1, 0.15) is 0 Å². The second-order valence-electron chi connectivity index (χ2n) is 4.79. The molecule has 0 amide bonds. The highest BCUT2D eigenvalue weighted by Gasteiger charge is 2.16. The molecule has 1 aliphatic rings. The van der Waals surface area contributed by atoms with Gasteiger partial charge in [-0.2, -0.15) is 0 Å². The maximum Gasteiger partial charge on any atom is 0.0449 e. The fourth-order valence-corrected chi connectivity index (χ4v) is 3.92. The zero-order valence-electron chi connectivity index (χ0n) is 10.8. The van der Waals surface area contributed by atoms with Gasteiger partial charge in [0.2, 0.25) is 0 Å². The molecule has 1 aromatic rings. The van der Waals surface area contributed by atoms with E-state index in [-0.39, 0.29) is 0 Å². The molecule has 1 N–H and O–H groups in total. The summed E-state index contributed by atoms with van der Waals surface area (Å²) in [4.78, 5) is 3.16. The van der Waals surface area contributed by atoms with E-state index in [9.17, 15) is 0 Å². The van der Waals surface area contributed by atoms with Gasteiger partial charge in [-0.25, -0.2) is 0 Å². The average molecular weight is 249 g/mol. The van der Waals surface area contributed by atoms with Crippen LogP contribution in [0.3, 0.4) is 0 Å². The highest BCUT2D eigenvalue weighted by atomic mass is 32.1. The molecule has 1 atom stereocenters. The van der Waals surface area contributed by atoms with Crippen molar-refractivity contribution in [1.29, 1.82) is 0 Å². The van der Waals surface area contributed by atoms with Gasteiger partial charge in [-0.3, -0.25) is 0 Å². The van der Waals surface area contributed by atoms with Crippen LogP contribution in [0.4, 0.5) is 0 Å². The summed E-state index contributed by atoms with van der Waals surface area (Å²) in [5.74, 6) is 0. The van der Waals surface area contributed by atoms with Gasteiger partial charge in [-0.15, -0.1) is 17.9 Å². The Bertz CT molecular complexity index is 343. The molecule has 0 spiro atoms. The van der Waals surface area contributed by atoms with Gasteiger partial charge in [0.15, 0.2) is 0 Å². The molecule has 94 valence electrons. The van der Waals surface area contributed by atoms with E-state index in [2.05, 4.69) is 24.9 Å². The number of hydrogen-bond donors (Lipinski definition) is 1. The molecular formula is C15H23NS. The minimum Gasteiger partial charge on any atom is -0.309 e. The van der Waals surface area contributed by atoms with Crippen LogP contribution in [0.5, 0.6) is 0 Å². The van der Waals surface area contributed by atoms with Crippen molar-refractivity contribution < 1.29 is 0 Å². The highest BCUT2D eigenvalue weighted by molar-refractivity contribution is 7.12. The van der Waals surface area contributed by atoms with Crippen LogP contribution in [0, 0.1) is 0 Å². The summed E-state index contributed by atoms with van der Waals surface area (Å²) in [6.45, 7) is 7.07. The summed E-state index contributed by atoms with van der Waals surface area (Å²) >= 11 is 2.03. The molecule has 2 heteroatoms.